The zero-order valence-corrected chi connectivity index (χ0v) is 9.20. The fourth-order valence-electron chi connectivity index (χ4n) is 1.33. The van der Waals surface area contributed by atoms with Crippen molar-refractivity contribution in [3.8, 4) is 0 Å². The lowest BCUT2D eigenvalue weighted by Gasteiger charge is -2.12. The number of aromatic nitrogens is 1. The van der Waals surface area contributed by atoms with E-state index < -0.39 is 0 Å². The Morgan fingerprint density at radius 3 is 3.00 bits per heavy atom. The molecule has 0 aliphatic heterocycles. The number of hydrogen-bond donors (Lipinski definition) is 1. The van der Waals surface area contributed by atoms with Crippen LogP contribution < -0.4 is 5.32 Å². The Hall–Kier alpha value is -1.22. The molecule has 0 aliphatic rings. The van der Waals surface area contributed by atoms with Crippen LogP contribution in [-0.2, 0) is 0 Å². The van der Waals surface area contributed by atoms with Crippen LogP contribution in [0.2, 0.25) is 0 Å². The average Bonchev–Trinajstić information content (AvgIpc) is 2.24. The van der Waals surface area contributed by atoms with Crippen molar-refractivity contribution >= 4 is 0 Å². The molecule has 2 nitrogen and oxygen atoms in total. The van der Waals surface area contributed by atoms with Crippen LogP contribution in [0.15, 0.2) is 30.6 Å². The van der Waals surface area contributed by atoms with E-state index in [4.69, 9.17) is 0 Å². The molecule has 3 heteroatoms. The van der Waals surface area contributed by atoms with Crippen LogP contribution in [-0.4, -0.2) is 11.5 Å². The standard InChI is InChI=1S/C12H17FN2/c1-3-4-5-6-15-10(2)11-7-12(13)9-14-8-11/h3-4,7-10,15H,5-6H2,1-2H3/b4-3+. The summed E-state index contributed by atoms with van der Waals surface area (Å²) in [5.41, 5.74) is 0.885. The predicted octanol–water partition coefficient (Wildman–Crippen LogP) is 2.84. The highest BCUT2D eigenvalue weighted by molar-refractivity contribution is 5.14. The molecular weight excluding hydrogens is 191 g/mol. The normalized spacial score (nSPS) is 13.3. The van der Waals surface area contributed by atoms with Gasteiger partial charge in [-0.05, 0) is 38.4 Å². The van der Waals surface area contributed by atoms with Gasteiger partial charge in [0, 0.05) is 12.2 Å². The van der Waals surface area contributed by atoms with E-state index in [0.717, 1.165) is 18.5 Å². The Kier molecular flexibility index (Phi) is 4.98. The minimum Gasteiger partial charge on any atom is -0.310 e. The van der Waals surface area contributed by atoms with Crippen molar-refractivity contribution in [1.82, 2.24) is 10.3 Å². The van der Waals surface area contributed by atoms with Gasteiger partial charge in [0.15, 0.2) is 0 Å². The number of nitrogens with zero attached hydrogens (tertiary/aromatic N) is 1. The zero-order valence-electron chi connectivity index (χ0n) is 9.20. The van der Waals surface area contributed by atoms with Gasteiger partial charge in [-0.1, -0.05) is 12.2 Å². The molecule has 15 heavy (non-hydrogen) atoms. The monoisotopic (exact) mass is 208 g/mol. The molecule has 0 aromatic carbocycles. The van der Waals surface area contributed by atoms with Gasteiger partial charge in [-0.15, -0.1) is 0 Å². The quantitative estimate of drug-likeness (QED) is 0.594. The van der Waals surface area contributed by atoms with E-state index >= 15 is 0 Å². The summed E-state index contributed by atoms with van der Waals surface area (Å²) in [6.45, 7) is 4.90. The molecule has 1 atom stereocenters. The second-order valence-corrected chi connectivity index (χ2v) is 3.47. The van der Waals surface area contributed by atoms with Gasteiger partial charge >= 0.3 is 0 Å². The molecule has 1 unspecified atom stereocenters. The number of allylic oxidation sites excluding steroid dienone is 1. The van der Waals surface area contributed by atoms with E-state index in [1.165, 1.54) is 12.3 Å². The second kappa shape index (κ2) is 6.30. The number of nitrogens with one attached hydrogen (secondary N) is 1. The Balaban J connectivity index is 2.43. The molecule has 0 spiro atoms. The first kappa shape index (κ1) is 11.9. The van der Waals surface area contributed by atoms with Crippen LogP contribution in [0.5, 0.6) is 0 Å². The minimum atomic E-state index is -0.283. The van der Waals surface area contributed by atoms with E-state index in [2.05, 4.69) is 16.4 Å². The van der Waals surface area contributed by atoms with Crippen LogP contribution in [0, 0.1) is 5.82 Å². The summed E-state index contributed by atoms with van der Waals surface area (Å²) < 4.78 is 12.9. The van der Waals surface area contributed by atoms with Crippen LogP contribution in [0.4, 0.5) is 4.39 Å². The van der Waals surface area contributed by atoms with E-state index in [1.54, 1.807) is 6.20 Å². The molecule has 0 bridgehead atoms. The SMILES string of the molecule is C/C=C/CCNC(C)c1cncc(F)c1. The summed E-state index contributed by atoms with van der Waals surface area (Å²) in [6, 6.07) is 1.65. The summed E-state index contributed by atoms with van der Waals surface area (Å²) in [5.74, 6) is -0.283. The van der Waals surface area contributed by atoms with E-state index in [9.17, 15) is 4.39 Å². The molecule has 1 rings (SSSR count). The molecule has 1 N–H and O–H groups in total. The number of pyridine rings is 1. The molecule has 1 heterocycles. The lowest BCUT2D eigenvalue weighted by atomic mass is 10.1. The molecule has 0 amide bonds. The molecule has 0 radical (unpaired) electrons. The smallest absolute Gasteiger partial charge is 0.141 e. The van der Waals surface area contributed by atoms with Gasteiger partial charge in [0.25, 0.3) is 0 Å². The van der Waals surface area contributed by atoms with Crippen LogP contribution in [0.1, 0.15) is 31.9 Å². The lowest BCUT2D eigenvalue weighted by molar-refractivity contribution is 0.566. The third kappa shape index (κ3) is 4.21. The summed E-state index contributed by atoms with van der Waals surface area (Å²) in [5, 5.41) is 3.30. The second-order valence-electron chi connectivity index (χ2n) is 3.47. The summed E-state index contributed by atoms with van der Waals surface area (Å²) in [4.78, 5) is 3.82. The van der Waals surface area contributed by atoms with Crippen LogP contribution >= 0.6 is 0 Å². The first-order valence-electron chi connectivity index (χ1n) is 5.19. The largest absolute Gasteiger partial charge is 0.310 e. The van der Waals surface area contributed by atoms with Crippen molar-refractivity contribution in [3.05, 3.63) is 42.0 Å². The first-order valence-corrected chi connectivity index (χ1v) is 5.19. The van der Waals surface area contributed by atoms with Crippen molar-refractivity contribution < 1.29 is 4.39 Å². The predicted molar refractivity (Wildman–Crippen MR) is 60.0 cm³/mol. The maximum absolute atomic E-state index is 12.9. The zero-order chi connectivity index (χ0) is 11.1. The van der Waals surface area contributed by atoms with Gasteiger partial charge in [0.1, 0.15) is 5.82 Å². The van der Waals surface area contributed by atoms with Gasteiger partial charge in [-0.25, -0.2) is 4.39 Å². The topological polar surface area (TPSA) is 24.9 Å². The molecule has 0 saturated heterocycles. The number of hydrogen-bond acceptors (Lipinski definition) is 2. The Labute approximate surface area is 90.2 Å². The van der Waals surface area contributed by atoms with Crippen LogP contribution in [0.25, 0.3) is 0 Å². The molecule has 82 valence electrons. The van der Waals surface area contributed by atoms with E-state index in [1.807, 2.05) is 19.9 Å². The Morgan fingerprint density at radius 2 is 2.33 bits per heavy atom. The van der Waals surface area contributed by atoms with Gasteiger partial charge in [-0.3, -0.25) is 4.98 Å². The third-order valence-corrected chi connectivity index (χ3v) is 2.22. The van der Waals surface area contributed by atoms with E-state index in [0.29, 0.717) is 0 Å². The maximum Gasteiger partial charge on any atom is 0.141 e. The third-order valence-electron chi connectivity index (χ3n) is 2.22. The van der Waals surface area contributed by atoms with Crippen LogP contribution in [0.3, 0.4) is 0 Å². The van der Waals surface area contributed by atoms with Gasteiger partial charge in [0.2, 0.25) is 0 Å². The van der Waals surface area contributed by atoms with Gasteiger partial charge in [0.05, 0.1) is 6.20 Å². The fraction of sp³-hybridized carbons (Fsp3) is 0.417. The van der Waals surface area contributed by atoms with Crippen molar-refractivity contribution in [3.63, 3.8) is 0 Å². The van der Waals surface area contributed by atoms with Crippen molar-refractivity contribution in [1.29, 1.82) is 0 Å². The first-order chi connectivity index (χ1) is 7.24. The molecule has 0 fully saturated rings. The van der Waals surface area contributed by atoms with Gasteiger partial charge < -0.3 is 5.32 Å². The number of halogens is 1. The maximum atomic E-state index is 12.9. The summed E-state index contributed by atoms with van der Waals surface area (Å²) >= 11 is 0. The lowest BCUT2D eigenvalue weighted by Crippen LogP contribution is -2.19. The molecule has 1 aromatic rings. The Bertz CT molecular complexity index is 323. The van der Waals surface area contributed by atoms with E-state index in [-0.39, 0.29) is 11.9 Å². The molecule has 0 aliphatic carbocycles. The highest BCUT2D eigenvalue weighted by atomic mass is 19.1. The van der Waals surface area contributed by atoms with Crippen molar-refractivity contribution in [2.75, 3.05) is 6.54 Å². The minimum absolute atomic E-state index is 0.137. The molecular formula is C12H17FN2. The average molecular weight is 208 g/mol. The number of rotatable bonds is 5. The molecule has 1 aromatic heterocycles. The summed E-state index contributed by atoms with van der Waals surface area (Å²) in [7, 11) is 0. The Morgan fingerprint density at radius 1 is 1.53 bits per heavy atom. The highest BCUT2D eigenvalue weighted by Crippen LogP contribution is 2.11. The highest BCUT2D eigenvalue weighted by Gasteiger charge is 2.04. The summed E-state index contributed by atoms with van der Waals surface area (Å²) in [6.07, 6.45) is 8.02. The fourth-order valence-corrected chi connectivity index (χ4v) is 1.33. The van der Waals surface area contributed by atoms with Gasteiger partial charge in [-0.2, -0.15) is 0 Å². The van der Waals surface area contributed by atoms with Crippen molar-refractivity contribution in [2.24, 2.45) is 0 Å². The van der Waals surface area contributed by atoms with Crippen molar-refractivity contribution in [2.45, 2.75) is 26.3 Å². The molecule has 0 saturated carbocycles.